The minimum atomic E-state index is 0. The van der Waals surface area contributed by atoms with E-state index in [1.807, 2.05) is 50.4 Å². The van der Waals surface area contributed by atoms with E-state index in [0.29, 0.717) is 0 Å². The summed E-state index contributed by atoms with van der Waals surface area (Å²) in [6, 6.07) is 12.1. The van der Waals surface area contributed by atoms with E-state index >= 15 is 0 Å². The van der Waals surface area contributed by atoms with Gasteiger partial charge in [-0.15, -0.1) is 0 Å². The van der Waals surface area contributed by atoms with Gasteiger partial charge >= 0.3 is 17.1 Å². The van der Waals surface area contributed by atoms with Gasteiger partial charge in [0.15, 0.2) is 0 Å². The first-order valence-corrected chi connectivity index (χ1v) is 4.01. The van der Waals surface area contributed by atoms with Crippen molar-refractivity contribution < 1.29 is 17.1 Å². The van der Waals surface area contributed by atoms with Gasteiger partial charge in [0, 0.05) is 0 Å². The first kappa shape index (κ1) is 12.1. The Hall–Kier alpha value is -0.851. The van der Waals surface area contributed by atoms with Crippen LogP contribution < -0.4 is 4.98 Å². The molecule has 1 nitrogen and oxygen atoms in total. The molecule has 2 rings (SSSR count). The maximum atomic E-state index is 4.02. The van der Waals surface area contributed by atoms with Gasteiger partial charge in [-0.2, -0.15) is 30.1 Å². The molecule has 1 aromatic carbocycles. The molecule has 0 saturated heterocycles. The molecule has 1 aromatic heterocycles. The van der Waals surface area contributed by atoms with Crippen LogP contribution in [0.15, 0.2) is 42.6 Å². The van der Waals surface area contributed by atoms with Crippen LogP contribution in [-0.4, -0.2) is 0 Å². The van der Waals surface area contributed by atoms with Crippen molar-refractivity contribution in [2.24, 2.45) is 0 Å². The molecule has 2 heteroatoms. The van der Waals surface area contributed by atoms with Gasteiger partial charge in [0.25, 0.3) is 0 Å². The Morgan fingerprint density at radius 3 is 1.92 bits per heavy atom. The second-order valence-electron chi connectivity index (χ2n) is 2.75. The summed E-state index contributed by atoms with van der Waals surface area (Å²) >= 11 is 0. The molecule has 0 amide bonds. The quantitative estimate of drug-likeness (QED) is 0.486. The summed E-state index contributed by atoms with van der Waals surface area (Å²) in [6.07, 6.45) is 1.87. The first-order valence-electron chi connectivity index (χ1n) is 4.01. The number of aryl methyl sites for hydroxylation is 2. The molecule has 70 valence electrons. The topological polar surface area (TPSA) is 14.1 Å². The Bertz CT molecular complexity index is 262. The standard InChI is InChI=1S/C6H8N.C5H5.Fe/c1-5-3-6(2)7-4-5;1-2-4-5-3-1;/h3-4H,1-2H3;1-5H;/q2*-1;+2. The Kier molecular flexibility index (Phi) is 6.21. The third kappa shape index (κ3) is 5.40. The van der Waals surface area contributed by atoms with Crippen molar-refractivity contribution in [3.8, 4) is 0 Å². The second kappa shape index (κ2) is 6.64. The first-order chi connectivity index (χ1) is 5.79. The summed E-state index contributed by atoms with van der Waals surface area (Å²) < 4.78 is 0. The van der Waals surface area contributed by atoms with Crippen LogP contribution in [0.5, 0.6) is 0 Å². The van der Waals surface area contributed by atoms with E-state index in [-0.39, 0.29) is 17.1 Å². The van der Waals surface area contributed by atoms with Gasteiger partial charge < -0.3 is 4.98 Å². The molecular formula is C11H13FeN. The van der Waals surface area contributed by atoms with Crippen LogP contribution >= 0.6 is 0 Å². The van der Waals surface area contributed by atoms with E-state index in [9.17, 15) is 0 Å². The smallest absolute Gasteiger partial charge is 0.668 e. The SMILES string of the molecule is Cc1c[n-]c(C)c1.[Fe+2].c1cc[cH-]c1. The van der Waals surface area contributed by atoms with Crippen molar-refractivity contribution in [3.63, 3.8) is 0 Å². The normalized spacial score (nSPS) is 8.15. The fourth-order valence-electron chi connectivity index (χ4n) is 0.928. The molecule has 0 fully saturated rings. The maximum absolute atomic E-state index is 4.02. The second-order valence-corrected chi connectivity index (χ2v) is 2.75. The third-order valence-electron chi connectivity index (χ3n) is 1.46. The van der Waals surface area contributed by atoms with Crippen molar-refractivity contribution in [2.45, 2.75) is 13.8 Å². The van der Waals surface area contributed by atoms with Gasteiger partial charge in [0.1, 0.15) is 0 Å². The molecular weight excluding hydrogens is 202 g/mol. The van der Waals surface area contributed by atoms with E-state index in [1.54, 1.807) is 0 Å². The number of aromatic nitrogens is 1. The van der Waals surface area contributed by atoms with Crippen molar-refractivity contribution in [3.05, 3.63) is 53.9 Å². The van der Waals surface area contributed by atoms with Gasteiger partial charge in [-0.1, -0.05) is 18.6 Å². The van der Waals surface area contributed by atoms with Gasteiger partial charge in [0.05, 0.1) is 0 Å². The average molecular weight is 215 g/mol. The Balaban J connectivity index is 0.000000215. The van der Waals surface area contributed by atoms with Crippen LogP contribution in [-0.2, 0) is 17.1 Å². The number of hydrogen-bond donors (Lipinski definition) is 0. The molecule has 0 saturated carbocycles. The molecule has 0 bridgehead atoms. The van der Waals surface area contributed by atoms with Crippen LogP contribution in [0.1, 0.15) is 11.3 Å². The van der Waals surface area contributed by atoms with Gasteiger partial charge in [-0.25, -0.2) is 12.1 Å². The van der Waals surface area contributed by atoms with Crippen molar-refractivity contribution in [1.29, 1.82) is 0 Å². The average Bonchev–Trinajstić information content (AvgIpc) is 2.63. The summed E-state index contributed by atoms with van der Waals surface area (Å²) in [4.78, 5) is 4.02. The van der Waals surface area contributed by atoms with Gasteiger partial charge in [-0.3, -0.25) is 0 Å². The van der Waals surface area contributed by atoms with E-state index in [4.69, 9.17) is 0 Å². The summed E-state index contributed by atoms with van der Waals surface area (Å²) in [7, 11) is 0. The third-order valence-corrected chi connectivity index (χ3v) is 1.46. The van der Waals surface area contributed by atoms with Crippen molar-refractivity contribution >= 4 is 0 Å². The predicted octanol–water partition coefficient (Wildman–Crippen LogP) is 2.66. The number of rotatable bonds is 0. The minimum Gasteiger partial charge on any atom is -0.668 e. The maximum Gasteiger partial charge on any atom is 2.00 e. The molecule has 0 N–H and O–H groups in total. The van der Waals surface area contributed by atoms with Crippen molar-refractivity contribution in [2.75, 3.05) is 0 Å². The van der Waals surface area contributed by atoms with Crippen LogP contribution in [0, 0.1) is 13.8 Å². The summed E-state index contributed by atoms with van der Waals surface area (Å²) in [6.45, 7) is 4.03. The molecule has 2 aromatic rings. The molecule has 13 heavy (non-hydrogen) atoms. The van der Waals surface area contributed by atoms with E-state index in [0.717, 1.165) is 5.69 Å². The molecule has 1 heterocycles. The molecule has 0 aliphatic rings. The summed E-state index contributed by atoms with van der Waals surface area (Å²) in [5.74, 6) is 0. The molecule has 0 aliphatic carbocycles. The molecule has 0 spiro atoms. The summed E-state index contributed by atoms with van der Waals surface area (Å²) in [5.41, 5.74) is 2.36. The fourth-order valence-corrected chi connectivity index (χ4v) is 0.928. The van der Waals surface area contributed by atoms with Crippen LogP contribution in [0.2, 0.25) is 0 Å². The number of hydrogen-bond acceptors (Lipinski definition) is 0. The fraction of sp³-hybridized carbons (Fsp3) is 0.182. The number of nitrogens with zero attached hydrogens (tertiary/aromatic N) is 1. The predicted molar refractivity (Wildman–Crippen MR) is 51.3 cm³/mol. The van der Waals surface area contributed by atoms with Crippen LogP contribution in [0.3, 0.4) is 0 Å². The molecule has 0 atom stereocenters. The van der Waals surface area contributed by atoms with Crippen LogP contribution in [0.25, 0.3) is 0 Å². The van der Waals surface area contributed by atoms with Crippen molar-refractivity contribution in [1.82, 2.24) is 4.98 Å². The Morgan fingerprint density at radius 2 is 1.77 bits per heavy atom. The van der Waals surface area contributed by atoms with Gasteiger partial charge in [0.2, 0.25) is 0 Å². The zero-order valence-electron chi connectivity index (χ0n) is 7.84. The largest absolute Gasteiger partial charge is 2.00 e. The van der Waals surface area contributed by atoms with Crippen LogP contribution in [0.4, 0.5) is 0 Å². The Labute approximate surface area is 90.0 Å². The molecule has 0 aliphatic heterocycles. The minimum absolute atomic E-state index is 0. The Morgan fingerprint density at radius 1 is 1.15 bits per heavy atom. The van der Waals surface area contributed by atoms with Gasteiger partial charge in [-0.05, 0) is 6.92 Å². The molecule has 0 unspecified atom stereocenters. The molecule has 0 radical (unpaired) electrons. The monoisotopic (exact) mass is 215 g/mol. The zero-order chi connectivity index (χ0) is 8.81. The zero-order valence-corrected chi connectivity index (χ0v) is 8.95. The summed E-state index contributed by atoms with van der Waals surface area (Å²) in [5, 5.41) is 0. The van der Waals surface area contributed by atoms with E-state index < -0.39 is 0 Å². The van der Waals surface area contributed by atoms with E-state index in [2.05, 4.69) is 11.1 Å². The van der Waals surface area contributed by atoms with E-state index in [1.165, 1.54) is 5.56 Å².